The van der Waals surface area contributed by atoms with Gasteiger partial charge in [-0.25, -0.2) is 0 Å². The number of furan rings is 1. The van der Waals surface area contributed by atoms with E-state index >= 15 is 0 Å². The second kappa shape index (κ2) is 8.36. The smallest absolute Gasteiger partial charge is 0.289 e. The van der Waals surface area contributed by atoms with Gasteiger partial charge in [0.15, 0.2) is 5.76 Å². The van der Waals surface area contributed by atoms with Crippen molar-refractivity contribution >= 4 is 17.5 Å². The van der Waals surface area contributed by atoms with Crippen molar-refractivity contribution in [2.24, 2.45) is 5.92 Å². The first-order valence-corrected chi connectivity index (χ1v) is 10.0. The molecule has 0 spiro atoms. The van der Waals surface area contributed by atoms with Crippen LogP contribution in [0.4, 0.5) is 0 Å². The molecule has 4 rings (SSSR count). The summed E-state index contributed by atoms with van der Waals surface area (Å²) < 4.78 is 11.4. The van der Waals surface area contributed by atoms with Crippen molar-refractivity contribution in [3.05, 3.63) is 52.9 Å². The number of nitrogens with zero attached hydrogens (tertiary/aromatic N) is 2. The van der Waals surface area contributed by atoms with E-state index in [-0.39, 0.29) is 12.5 Å². The molecule has 0 radical (unpaired) electrons. The molecule has 1 saturated heterocycles. The second-order valence-electron chi connectivity index (χ2n) is 7.40. The predicted molar refractivity (Wildman–Crippen MR) is 104 cm³/mol. The third-order valence-corrected chi connectivity index (χ3v) is 5.41. The van der Waals surface area contributed by atoms with E-state index in [1.807, 2.05) is 17.0 Å². The van der Waals surface area contributed by atoms with Crippen LogP contribution in [0.1, 0.15) is 35.6 Å². The molecule has 2 heterocycles. The van der Waals surface area contributed by atoms with Crippen LogP contribution in [0.15, 0.2) is 40.8 Å². The summed E-state index contributed by atoms with van der Waals surface area (Å²) in [6.45, 7) is 5.06. The Morgan fingerprint density at radius 2 is 1.89 bits per heavy atom. The van der Waals surface area contributed by atoms with E-state index in [0.29, 0.717) is 22.3 Å². The number of benzene rings is 1. The van der Waals surface area contributed by atoms with Crippen molar-refractivity contribution in [1.29, 1.82) is 0 Å². The average molecular weight is 389 g/mol. The van der Waals surface area contributed by atoms with Gasteiger partial charge in [0.1, 0.15) is 18.1 Å². The molecule has 1 saturated carbocycles. The number of ether oxygens (including phenoxy) is 1. The van der Waals surface area contributed by atoms with Crippen molar-refractivity contribution in [1.82, 2.24) is 9.80 Å². The molecule has 0 N–H and O–H groups in total. The van der Waals surface area contributed by atoms with Crippen molar-refractivity contribution in [3.8, 4) is 5.75 Å². The van der Waals surface area contributed by atoms with Crippen LogP contribution in [0.3, 0.4) is 0 Å². The highest BCUT2D eigenvalue weighted by atomic mass is 35.5. The molecule has 0 bridgehead atoms. The van der Waals surface area contributed by atoms with Crippen LogP contribution >= 0.6 is 11.6 Å². The minimum absolute atomic E-state index is 0.0268. The Kier molecular flexibility index (Phi) is 5.69. The summed E-state index contributed by atoms with van der Waals surface area (Å²) in [7, 11) is 0. The van der Waals surface area contributed by atoms with Crippen molar-refractivity contribution in [3.63, 3.8) is 0 Å². The van der Waals surface area contributed by atoms with E-state index in [4.69, 9.17) is 20.8 Å². The van der Waals surface area contributed by atoms with Crippen LogP contribution < -0.4 is 4.74 Å². The quantitative estimate of drug-likeness (QED) is 0.748. The van der Waals surface area contributed by atoms with E-state index in [1.54, 1.807) is 24.3 Å². The van der Waals surface area contributed by atoms with Crippen molar-refractivity contribution in [2.75, 3.05) is 32.7 Å². The van der Waals surface area contributed by atoms with Crippen molar-refractivity contribution in [2.45, 2.75) is 25.9 Å². The Morgan fingerprint density at radius 1 is 1.07 bits per heavy atom. The number of rotatable bonds is 6. The van der Waals surface area contributed by atoms with Gasteiger partial charge in [-0.15, -0.1) is 0 Å². The second-order valence-corrected chi connectivity index (χ2v) is 7.83. The van der Waals surface area contributed by atoms with E-state index in [1.165, 1.54) is 19.4 Å². The maximum atomic E-state index is 12.8. The number of hydrogen-bond acceptors (Lipinski definition) is 4. The summed E-state index contributed by atoms with van der Waals surface area (Å²) in [6.07, 6.45) is 3.75. The SMILES string of the molecule is O=C(c1ccc(COc2ccc(Cl)cc2)o1)N1CCCN(CC2CC2)CC1. The van der Waals surface area contributed by atoms with Gasteiger partial charge in [0.2, 0.25) is 0 Å². The molecular formula is C21H25ClN2O3. The molecule has 1 aromatic heterocycles. The average Bonchev–Trinajstić information content (AvgIpc) is 3.42. The summed E-state index contributed by atoms with van der Waals surface area (Å²) in [5, 5.41) is 0.668. The zero-order valence-electron chi connectivity index (χ0n) is 15.4. The predicted octanol–water partition coefficient (Wildman–Crippen LogP) is 4.07. The molecule has 27 heavy (non-hydrogen) atoms. The standard InChI is InChI=1S/C21H25ClN2O3/c22-17-4-6-18(7-5-17)26-15-19-8-9-20(27-19)21(25)24-11-1-10-23(12-13-24)14-16-2-3-16/h4-9,16H,1-3,10-15H2. The maximum Gasteiger partial charge on any atom is 0.289 e. The number of amides is 1. The summed E-state index contributed by atoms with van der Waals surface area (Å²) in [4.78, 5) is 17.2. The number of halogens is 1. The van der Waals surface area contributed by atoms with Crippen LogP contribution in [0.2, 0.25) is 5.02 Å². The van der Waals surface area contributed by atoms with E-state index < -0.39 is 0 Å². The molecule has 1 aliphatic heterocycles. The Hall–Kier alpha value is -1.98. The lowest BCUT2D eigenvalue weighted by Gasteiger charge is -2.21. The fourth-order valence-corrected chi connectivity index (χ4v) is 3.56. The lowest BCUT2D eigenvalue weighted by Crippen LogP contribution is -2.35. The molecule has 6 heteroatoms. The molecule has 1 aliphatic carbocycles. The fraction of sp³-hybridized carbons (Fsp3) is 0.476. The summed E-state index contributed by atoms with van der Waals surface area (Å²) in [6, 6.07) is 10.7. The molecule has 0 unspecified atom stereocenters. The molecule has 5 nitrogen and oxygen atoms in total. The van der Waals surface area contributed by atoms with Crippen LogP contribution in [-0.2, 0) is 6.61 Å². The Labute approximate surface area is 164 Å². The largest absolute Gasteiger partial charge is 0.486 e. The van der Waals surface area contributed by atoms with Crippen LogP contribution in [0, 0.1) is 5.92 Å². The number of carbonyl (C=O) groups excluding carboxylic acids is 1. The highest BCUT2D eigenvalue weighted by Gasteiger charge is 2.27. The summed E-state index contributed by atoms with van der Waals surface area (Å²) in [5.74, 6) is 2.60. The van der Waals surface area contributed by atoms with Gasteiger partial charge in [-0.3, -0.25) is 4.79 Å². The maximum absolute atomic E-state index is 12.8. The molecular weight excluding hydrogens is 364 g/mol. The van der Waals surface area contributed by atoms with Gasteiger partial charge < -0.3 is 19.0 Å². The summed E-state index contributed by atoms with van der Waals surface area (Å²) in [5.41, 5.74) is 0. The minimum Gasteiger partial charge on any atom is -0.486 e. The van der Waals surface area contributed by atoms with Gasteiger partial charge in [-0.1, -0.05) is 11.6 Å². The number of hydrogen-bond donors (Lipinski definition) is 0. The molecule has 1 amide bonds. The van der Waals surface area contributed by atoms with Gasteiger partial charge in [0.05, 0.1) is 0 Å². The highest BCUT2D eigenvalue weighted by molar-refractivity contribution is 6.30. The fourth-order valence-electron chi connectivity index (χ4n) is 3.43. The third-order valence-electron chi connectivity index (χ3n) is 5.16. The summed E-state index contributed by atoms with van der Waals surface area (Å²) >= 11 is 5.87. The van der Waals surface area contributed by atoms with Gasteiger partial charge in [-0.2, -0.15) is 0 Å². The molecule has 2 aromatic rings. The van der Waals surface area contributed by atoms with E-state index in [0.717, 1.165) is 38.5 Å². The Balaban J connectivity index is 1.30. The van der Waals surface area contributed by atoms with E-state index in [9.17, 15) is 4.79 Å². The van der Waals surface area contributed by atoms with Gasteiger partial charge in [0, 0.05) is 31.2 Å². The van der Waals surface area contributed by atoms with Crippen LogP contribution in [0.25, 0.3) is 0 Å². The number of carbonyl (C=O) groups is 1. The highest BCUT2D eigenvalue weighted by Crippen LogP contribution is 2.30. The Morgan fingerprint density at radius 3 is 2.67 bits per heavy atom. The van der Waals surface area contributed by atoms with Crippen LogP contribution in [0.5, 0.6) is 5.75 Å². The molecule has 0 atom stereocenters. The van der Waals surface area contributed by atoms with Gasteiger partial charge >= 0.3 is 0 Å². The molecule has 2 fully saturated rings. The zero-order valence-corrected chi connectivity index (χ0v) is 16.2. The molecule has 1 aromatic carbocycles. The lowest BCUT2D eigenvalue weighted by molar-refractivity contribution is 0.0725. The minimum atomic E-state index is -0.0268. The molecule has 2 aliphatic rings. The topological polar surface area (TPSA) is 45.9 Å². The normalized spacial score (nSPS) is 18.3. The monoisotopic (exact) mass is 388 g/mol. The molecule has 144 valence electrons. The van der Waals surface area contributed by atoms with E-state index in [2.05, 4.69) is 4.90 Å². The first-order valence-electron chi connectivity index (χ1n) is 9.66. The van der Waals surface area contributed by atoms with Gasteiger partial charge in [0.25, 0.3) is 5.91 Å². The third kappa shape index (κ3) is 5.05. The first-order chi connectivity index (χ1) is 13.2. The Bertz CT molecular complexity index is 770. The van der Waals surface area contributed by atoms with Gasteiger partial charge in [-0.05, 0) is 68.1 Å². The first kappa shape index (κ1) is 18.4. The van der Waals surface area contributed by atoms with Crippen LogP contribution in [-0.4, -0.2) is 48.4 Å². The lowest BCUT2D eigenvalue weighted by atomic mass is 10.3. The van der Waals surface area contributed by atoms with Crippen molar-refractivity contribution < 1.29 is 13.9 Å². The zero-order chi connectivity index (χ0) is 18.6.